The van der Waals surface area contributed by atoms with Gasteiger partial charge in [-0.15, -0.1) is 0 Å². The predicted molar refractivity (Wildman–Crippen MR) is 269 cm³/mol. The first-order chi connectivity index (χ1) is 31.8. The highest BCUT2D eigenvalue weighted by atomic mass is 15.1. The number of benzene rings is 10. The van der Waals surface area contributed by atoms with Crippen molar-refractivity contribution in [2.75, 3.05) is 4.90 Å². The number of rotatable bonds is 9. The van der Waals surface area contributed by atoms with Gasteiger partial charge in [-0.05, 0) is 113 Å². The number of fused-ring (bicyclic) bond motifs is 6. The minimum absolute atomic E-state index is 0.0885. The third-order valence-corrected chi connectivity index (χ3v) is 12.9. The normalized spacial score (nSPS) is 12.0. The van der Waals surface area contributed by atoms with Crippen molar-refractivity contribution < 1.29 is 0 Å². The highest BCUT2D eigenvalue weighted by Gasteiger charge is 2.19. The SMILES string of the molecule is c1ccc(C(c2ccc(-c3ccc(N(c4ccccc4)c4ccc(-n5c6ccccc6c6ccccc65)cc4)cc3)cc2)c2ccc(-n3c4ccccc4c4ccccc43)cc2)cc1. The van der Waals surface area contributed by atoms with Crippen LogP contribution < -0.4 is 4.90 Å². The molecule has 2 heterocycles. The first-order valence-electron chi connectivity index (χ1n) is 22.0. The van der Waals surface area contributed by atoms with Crippen molar-refractivity contribution in [1.29, 1.82) is 0 Å². The Morgan fingerprint density at radius 3 is 0.984 bits per heavy atom. The van der Waals surface area contributed by atoms with E-state index in [1.54, 1.807) is 0 Å². The average molecular weight is 818 g/mol. The van der Waals surface area contributed by atoms with Gasteiger partial charge in [-0.3, -0.25) is 0 Å². The zero-order valence-electron chi connectivity index (χ0n) is 35.2. The Kier molecular flexibility index (Phi) is 9.23. The number of hydrogen-bond donors (Lipinski definition) is 0. The second-order valence-corrected chi connectivity index (χ2v) is 16.5. The van der Waals surface area contributed by atoms with Gasteiger partial charge in [-0.25, -0.2) is 0 Å². The highest BCUT2D eigenvalue weighted by Crippen LogP contribution is 2.39. The molecule has 0 aliphatic carbocycles. The second-order valence-electron chi connectivity index (χ2n) is 16.5. The van der Waals surface area contributed by atoms with E-state index in [1.165, 1.54) is 71.4 Å². The molecule has 2 aromatic heterocycles. The van der Waals surface area contributed by atoms with Gasteiger partial charge in [0.1, 0.15) is 0 Å². The van der Waals surface area contributed by atoms with Crippen molar-refractivity contribution in [2.24, 2.45) is 0 Å². The van der Waals surface area contributed by atoms with Crippen molar-refractivity contribution in [1.82, 2.24) is 9.13 Å². The number of para-hydroxylation sites is 5. The first kappa shape index (κ1) is 37.4. The Balaban J connectivity index is 0.850. The van der Waals surface area contributed by atoms with Crippen LogP contribution in [0.15, 0.2) is 255 Å². The minimum atomic E-state index is 0.0885. The van der Waals surface area contributed by atoms with Gasteiger partial charge in [0.2, 0.25) is 0 Å². The van der Waals surface area contributed by atoms with Crippen LogP contribution in [-0.2, 0) is 0 Å². The van der Waals surface area contributed by atoms with Crippen LogP contribution in [0.1, 0.15) is 22.6 Å². The topological polar surface area (TPSA) is 13.1 Å². The van der Waals surface area contributed by atoms with E-state index in [9.17, 15) is 0 Å². The minimum Gasteiger partial charge on any atom is -0.311 e. The molecule has 0 radical (unpaired) electrons. The molecule has 0 saturated carbocycles. The molecule has 64 heavy (non-hydrogen) atoms. The van der Waals surface area contributed by atoms with Crippen molar-refractivity contribution in [3.8, 4) is 22.5 Å². The fourth-order valence-electron chi connectivity index (χ4n) is 9.89. The van der Waals surface area contributed by atoms with Gasteiger partial charge >= 0.3 is 0 Å². The van der Waals surface area contributed by atoms with E-state index in [0.717, 1.165) is 28.4 Å². The smallest absolute Gasteiger partial charge is 0.0541 e. The van der Waals surface area contributed by atoms with Crippen LogP contribution in [-0.4, -0.2) is 9.13 Å². The highest BCUT2D eigenvalue weighted by molar-refractivity contribution is 6.10. The predicted octanol–water partition coefficient (Wildman–Crippen LogP) is 16.2. The second kappa shape index (κ2) is 15.8. The summed E-state index contributed by atoms with van der Waals surface area (Å²) in [6.07, 6.45) is 0. The summed E-state index contributed by atoms with van der Waals surface area (Å²) in [7, 11) is 0. The summed E-state index contributed by atoms with van der Waals surface area (Å²) in [5.41, 5.74) is 16.6. The molecule has 12 aromatic rings. The van der Waals surface area contributed by atoms with Gasteiger partial charge in [-0.1, -0.05) is 170 Å². The number of aromatic nitrogens is 2. The first-order valence-corrected chi connectivity index (χ1v) is 22.0. The van der Waals surface area contributed by atoms with E-state index in [1.807, 2.05) is 0 Å². The lowest BCUT2D eigenvalue weighted by molar-refractivity contribution is 0.975. The van der Waals surface area contributed by atoms with Crippen LogP contribution in [0.3, 0.4) is 0 Å². The maximum Gasteiger partial charge on any atom is 0.0541 e. The fraction of sp³-hybridized carbons (Fsp3) is 0.0164. The summed E-state index contributed by atoms with van der Waals surface area (Å²) in [5, 5.41) is 5.07. The Morgan fingerprint density at radius 1 is 0.250 bits per heavy atom. The molecule has 0 aliphatic heterocycles. The third kappa shape index (κ3) is 6.45. The van der Waals surface area contributed by atoms with E-state index in [2.05, 4.69) is 269 Å². The molecule has 0 saturated heterocycles. The maximum absolute atomic E-state index is 2.38. The van der Waals surface area contributed by atoms with Crippen LogP contribution in [0.5, 0.6) is 0 Å². The maximum atomic E-state index is 2.38. The molecule has 0 fully saturated rings. The molecule has 10 aromatic carbocycles. The summed E-state index contributed by atoms with van der Waals surface area (Å²) in [6, 6.07) is 92.5. The molecule has 12 rings (SSSR count). The van der Waals surface area contributed by atoms with Crippen molar-refractivity contribution in [3.63, 3.8) is 0 Å². The van der Waals surface area contributed by atoms with E-state index in [0.29, 0.717) is 0 Å². The molecule has 1 unspecified atom stereocenters. The molecular formula is C61H43N3. The van der Waals surface area contributed by atoms with Gasteiger partial charge in [0.05, 0.1) is 22.1 Å². The van der Waals surface area contributed by atoms with Crippen molar-refractivity contribution in [3.05, 3.63) is 271 Å². The molecule has 0 amide bonds. The zero-order valence-corrected chi connectivity index (χ0v) is 35.2. The van der Waals surface area contributed by atoms with Crippen molar-refractivity contribution in [2.45, 2.75) is 5.92 Å². The number of hydrogen-bond acceptors (Lipinski definition) is 1. The molecular weight excluding hydrogens is 775 g/mol. The van der Waals surface area contributed by atoms with Crippen LogP contribution in [0.2, 0.25) is 0 Å². The van der Waals surface area contributed by atoms with Gasteiger partial charge in [0.25, 0.3) is 0 Å². The van der Waals surface area contributed by atoms with Crippen LogP contribution in [0.4, 0.5) is 17.1 Å². The molecule has 0 bridgehead atoms. The number of anilines is 3. The molecule has 0 aliphatic rings. The summed E-state index contributed by atoms with van der Waals surface area (Å²) in [6.45, 7) is 0. The molecule has 3 heteroatoms. The Labute approximate surface area is 373 Å². The van der Waals surface area contributed by atoms with Gasteiger partial charge in [-0.2, -0.15) is 0 Å². The largest absolute Gasteiger partial charge is 0.311 e. The van der Waals surface area contributed by atoms with Crippen molar-refractivity contribution >= 4 is 60.7 Å². The average Bonchev–Trinajstić information content (AvgIpc) is 3.89. The lowest BCUT2D eigenvalue weighted by Crippen LogP contribution is -2.10. The van der Waals surface area contributed by atoms with Gasteiger partial charge in [0, 0.05) is 55.9 Å². The molecule has 3 nitrogen and oxygen atoms in total. The van der Waals surface area contributed by atoms with E-state index < -0.39 is 0 Å². The lowest BCUT2D eigenvalue weighted by atomic mass is 9.84. The van der Waals surface area contributed by atoms with E-state index >= 15 is 0 Å². The van der Waals surface area contributed by atoms with E-state index in [4.69, 9.17) is 0 Å². The zero-order chi connectivity index (χ0) is 42.4. The quantitative estimate of drug-likeness (QED) is 0.132. The Morgan fingerprint density at radius 2 is 0.547 bits per heavy atom. The summed E-state index contributed by atoms with van der Waals surface area (Å²) in [5.74, 6) is 0.0885. The van der Waals surface area contributed by atoms with Gasteiger partial charge < -0.3 is 14.0 Å². The molecule has 0 spiro atoms. The standard InChI is InChI=1S/C61H43N3/c1-3-15-45(16-4-1)61(47-33-37-51(38-34-47)63-57-23-11-7-19-53(57)54-20-8-12-24-58(54)63)46-29-27-43(28-30-46)44-31-35-49(36-32-44)62(48-17-5-2-6-18-48)50-39-41-52(42-40-50)64-59-25-13-9-21-55(59)56-22-10-14-26-60(56)64/h1-42,61H. The van der Waals surface area contributed by atoms with Gasteiger partial charge in [0.15, 0.2) is 0 Å². The monoisotopic (exact) mass is 817 g/mol. The third-order valence-electron chi connectivity index (χ3n) is 12.9. The Hall–Kier alpha value is -8.40. The van der Waals surface area contributed by atoms with E-state index in [-0.39, 0.29) is 5.92 Å². The molecule has 1 atom stereocenters. The summed E-state index contributed by atoms with van der Waals surface area (Å²) >= 11 is 0. The summed E-state index contributed by atoms with van der Waals surface area (Å²) < 4.78 is 4.75. The van der Waals surface area contributed by atoms with Crippen LogP contribution in [0, 0.1) is 0 Å². The van der Waals surface area contributed by atoms with Crippen LogP contribution >= 0.6 is 0 Å². The Bertz CT molecular complexity index is 3220. The molecule has 302 valence electrons. The number of nitrogens with zero attached hydrogens (tertiary/aromatic N) is 3. The summed E-state index contributed by atoms with van der Waals surface area (Å²) in [4.78, 5) is 2.33. The molecule has 0 N–H and O–H groups in total. The fourth-order valence-corrected chi connectivity index (χ4v) is 9.89. The lowest BCUT2D eigenvalue weighted by Gasteiger charge is -2.26. The van der Waals surface area contributed by atoms with Crippen LogP contribution in [0.25, 0.3) is 66.1 Å².